The van der Waals surface area contributed by atoms with E-state index in [1.54, 1.807) is 12.1 Å². The Morgan fingerprint density at radius 1 is 0.952 bits per heavy atom. The van der Waals surface area contributed by atoms with Crippen LogP contribution in [0.2, 0.25) is 0 Å². The van der Waals surface area contributed by atoms with Gasteiger partial charge in [0, 0.05) is 11.1 Å². The van der Waals surface area contributed by atoms with E-state index in [0.717, 1.165) is 12.1 Å². The molecule has 0 aliphatic heterocycles. The first kappa shape index (κ1) is 14.9. The number of nitrogens with zero attached hydrogens (tertiary/aromatic N) is 1. The summed E-state index contributed by atoms with van der Waals surface area (Å²) in [6.07, 6.45) is -4.38. The van der Waals surface area contributed by atoms with Crippen LogP contribution in [0.3, 0.4) is 0 Å². The summed E-state index contributed by atoms with van der Waals surface area (Å²) in [6.45, 7) is 0. The number of benzene rings is 2. The minimum Gasteiger partial charge on any atom is -0.508 e. The van der Waals surface area contributed by atoms with E-state index >= 15 is 0 Å². The molecule has 0 aromatic heterocycles. The minimum absolute atomic E-state index is 0.0861. The molecular formula is C15H12F3NO2. The molecular weight excluding hydrogens is 283 g/mol. The number of halogens is 3. The normalized spacial score (nSPS) is 12.3. The van der Waals surface area contributed by atoms with E-state index in [1.807, 2.05) is 0 Å². The second-order valence-corrected chi connectivity index (χ2v) is 4.24. The highest BCUT2D eigenvalue weighted by Crippen LogP contribution is 2.29. The Labute approximate surface area is 119 Å². The second-order valence-electron chi connectivity index (χ2n) is 4.24. The van der Waals surface area contributed by atoms with Gasteiger partial charge in [-0.3, -0.25) is 0 Å². The molecule has 0 aliphatic rings. The molecule has 21 heavy (non-hydrogen) atoms. The summed E-state index contributed by atoms with van der Waals surface area (Å²) in [5.41, 5.74) is 0.755. The van der Waals surface area contributed by atoms with Crippen molar-refractivity contribution < 1.29 is 23.1 Å². The molecule has 0 bridgehead atoms. The summed E-state index contributed by atoms with van der Waals surface area (Å²) in [4.78, 5) is 4.74. The van der Waals surface area contributed by atoms with Gasteiger partial charge in [0.15, 0.2) is 0 Å². The smallest absolute Gasteiger partial charge is 0.416 e. The molecule has 0 unspecified atom stereocenters. The number of phenolic OH excluding ortho intramolecular Hbond substituents is 1. The molecule has 3 nitrogen and oxygen atoms in total. The first-order valence-corrected chi connectivity index (χ1v) is 6.00. The van der Waals surface area contributed by atoms with Crippen LogP contribution in [0.1, 0.15) is 16.7 Å². The summed E-state index contributed by atoms with van der Waals surface area (Å²) < 4.78 is 37.7. The van der Waals surface area contributed by atoms with Crippen LogP contribution in [-0.2, 0) is 11.0 Å². The van der Waals surface area contributed by atoms with Gasteiger partial charge in [-0.05, 0) is 36.4 Å². The fourth-order valence-corrected chi connectivity index (χ4v) is 1.80. The van der Waals surface area contributed by atoms with E-state index < -0.39 is 11.7 Å². The van der Waals surface area contributed by atoms with E-state index in [-0.39, 0.29) is 5.75 Å². The largest absolute Gasteiger partial charge is 0.508 e. The summed E-state index contributed by atoms with van der Waals surface area (Å²) in [5.74, 6) is 0.0861. The number of hydrogen-bond donors (Lipinski definition) is 1. The van der Waals surface area contributed by atoms with Gasteiger partial charge in [0.2, 0.25) is 0 Å². The zero-order valence-electron chi connectivity index (χ0n) is 11.1. The van der Waals surface area contributed by atoms with Crippen molar-refractivity contribution in [1.82, 2.24) is 0 Å². The van der Waals surface area contributed by atoms with Crippen LogP contribution in [-0.4, -0.2) is 17.9 Å². The molecule has 0 saturated carbocycles. The van der Waals surface area contributed by atoms with Crippen LogP contribution in [0.15, 0.2) is 53.7 Å². The van der Waals surface area contributed by atoms with E-state index in [9.17, 15) is 18.3 Å². The average molecular weight is 295 g/mol. The number of aromatic hydroxyl groups is 1. The molecule has 0 spiro atoms. The Bertz CT molecular complexity index is 631. The van der Waals surface area contributed by atoms with Crippen LogP contribution in [0.5, 0.6) is 5.75 Å². The third-order valence-corrected chi connectivity index (χ3v) is 2.81. The summed E-state index contributed by atoms with van der Waals surface area (Å²) in [5, 5.41) is 13.1. The monoisotopic (exact) mass is 295 g/mol. The molecule has 0 atom stereocenters. The molecule has 2 rings (SSSR count). The maximum Gasteiger partial charge on any atom is 0.416 e. The average Bonchev–Trinajstić information content (AvgIpc) is 2.45. The van der Waals surface area contributed by atoms with E-state index in [0.29, 0.717) is 16.8 Å². The van der Waals surface area contributed by atoms with E-state index in [1.165, 1.54) is 31.4 Å². The highest BCUT2D eigenvalue weighted by atomic mass is 19.4. The Hall–Kier alpha value is -2.50. The second kappa shape index (κ2) is 5.87. The lowest BCUT2D eigenvalue weighted by Gasteiger charge is -2.09. The Morgan fingerprint density at radius 3 is 1.86 bits per heavy atom. The van der Waals surface area contributed by atoms with Crippen molar-refractivity contribution in [3.63, 3.8) is 0 Å². The lowest BCUT2D eigenvalue weighted by Crippen LogP contribution is -2.07. The molecule has 1 N–H and O–H groups in total. The summed E-state index contributed by atoms with van der Waals surface area (Å²) in [7, 11) is 1.35. The highest BCUT2D eigenvalue weighted by Gasteiger charge is 2.30. The molecule has 0 amide bonds. The zero-order chi connectivity index (χ0) is 15.5. The molecule has 0 radical (unpaired) electrons. The highest BCUT2D eigenvalue weighted by molar-refractivity contribution is 6.12. The van der Waals surface area contributed by atoms with E-state index in [2.05, 4.69) is 5.16 Å². The van der Waals surface area contributed by atoms with Gasteiger partial charge >= 0.3 is 6.18 Å². The van der Waals surface area contributed by atoms with Crippen molar-refractivity contribution in [2.24, 2.45) is 5.16 Å². The Kier molecular flexibility index (Phi) is 4.16. The lowest BCUT2D eigenvalue weighted by atomic mass is 10.0. The zero-order valence-corrected chi connectivity index (χ0v) is 11.1. The van der Waals surface area contributed by atoms with Crippen molar-refractivity contribution in [2.45, 2.75) is 6.18 Å². The molecule has 0 fully saturated rings. The van der Waals surface area contributed by atoms with Crippen molar-refractivity contribution >= 4 is 5.71 Å². The Morgan fingerprint density at radius 2 is 1.43 bits per heavy atom. The van der Waals surface area contributed by atoms with Crippen molar-refractivity contribution in [1.29, 1.82) is 0 Å². The fourth-order valence-electron chi connectivity index (χ4n) is 1.80. The number of hydrogen-bond acceptors (Lipinski definition) is 3. The summed E-state index contributed by atoms with van der Waals surface area (Å²) in [6, 6.07) is 10.8. The van der Waals surface area contributed by atoms with Crippen molar-refractivity contribution in [3.8, 4) is 5.75 Å². The number of phenols is 1. The van der Waals surface area contributed by atoms with Gasteiger partial charge in [0.1, 0.15) is 18.6 Å². The molecule has 110 valence electrons. The van der Waals surface area contributed by atoms with Crippen LogP contribution < -0.4 is 0 Å². The van der Waals surface area contributed by atoms with Crippen molar-refractivity contribution in [2.75, 3.05) is 7.11 Å². The van der Waals surface area contributed by atoms with Gasteiger partial charge in [0.25, 0.3) is 0 Å². The third kappa shape index (κ3) is 3.53. The standard InChI is InChI=1S/C15H12F3NO2/c1-21-19-14(11-4-8-13(20)9-5-11)10-2-6-12(7-3-10)15(16,17)18/h2-9,20H,1H3/b19-14-. The topological polar surface area (TPSA) is 41.8 Å². The Balaban J connectivity index is 2.40. The summed E-state index contributed by atoms with van der Waals surface area (Å²) >= 11 is 0. The van der Waals surface area contributed by atoms with Crippen LogP contribution >= 0.6 is 0 Å². The van der Waals surface area contributed by atoms with Crippen molar-refractivity contribution in [3.05, 3.63) is 65.2 Å². The van der Waals surface area contributed by atoms with E-state index in [4.69, 9.17) is 4.84 Å². The molecule has 2 aromatic carbocycles. The molecule has 0 heterocycles. The van der Waals surface area contributed by atoms with Gasteiger partial charge in [-0.1, -0.05) is 17.3 Å². The van der Waals surface area contributed by atoms with Crippen LogP contribution in [0.25, 0.3) is 0 Å². The molecule has 0 aliphatic carbocycles. The predicted molar refractivity (Wildman–Crippen MR) is 72.2 cm³/mol. The minimum atomic E-state index is -4.38. The first-order valence-electron chi connectivity index (χ1n) is 6.00. The van der Waals surface area contributed by atoms with Gasteiger partial charge in [0.05, 0.1) is 5.56 Å². The number of oxime groups is 1. The number of alkyl halides is 3. The lowest BCUT2D eigenvalue weighted by molar-refractivity contribution is -0.137. The van der Waals surface area contributed by atoms with Gasteiger partial charge in [-0.15, -0.1) is 0 Å². The molecule has 2 aromatic rings. The molecule has 6 heteroatoms. The maximum absolute atomic E-state index is 12.6. The van der Waals surface area contributed by atoms with Gasteiger partial charge < -0.3 is 9.94 Å². The SMILES string of the molecule is CO/N=C(\c1ccc(O)cc1)c1ccc(C(F)(F)F)cc1. The quantitative estimate of drug-likeness (QED) is 0.691. The maximum atomic E-state index is 12.6. The van der Waals surface area contributed by atoms with Gasteiger partial charge in [-0.2, -0.15) is 13.2 Å². The van der Waals surface area contributed by atoms with Crippen LogP contribution in [0, 0.1) is 0 Å². The predicted octanol–water partition coefficient (Wildman–Crippen LogP) is 3.81. The van der Waals surface area contributed by atoms with Gasteiger partial charge in [-0.25, -0.2) is 0 Å². The number of rotatable bonds is 3. The fraction of sp³-hybridized carbons (Fsp3) is 0.133. The molecule has 0 saturated heterocycles. The first-order chi connectivity index (χ1) is 9.91. The van der Waals surface area contributed by atoms with Crippen LogP contribution in [0.4, 0.5) is 13.2 Å². The third-order valence-electron chi connectivity index (χ3n) is 2.81.